The molecule has 0 rings (SSSR count). The predicted octanol–water partition coefficient (Wildman–Crippen LogP) is -4.59. The molecule has 7 N–H and O–H groups in total. The van der Waals surface area contributed by atoms with Gasteiger partial charge in [0, 0.05) is 0 Å². The average molecular weight is 226 g/mol. The second-order valence-corrected chi connectivity index (χ2v) is 2.96. The van der Waals surface area contributed by atoms with E-state index in [1.165, 1.54) is 0 Å². The fourth-order valence-electron chi connectivity index (χ4n) is 0.846. The Morgan fingerprint density at radius 2 is 1.40 bits per heavy atom. The highest BCUT2D eigenvalue weighted by molar-refractivity contribution is 6.32. The first-order valence-corrected chi connectivity index (χ1v) is 4.21. The maximum atomic E-state index is 9.19. The van der Waals surface area contributed by atoms with Crippen LogP contribution in [0.5, 0.6) is 0 Å². The van der Waals surface area contributed by atoms with Gasteiger partial charge in [0.2, 0.25) is 0 Å². The molecule has 90 valence electrons. The van der Waals surface area contributed by atoms with Crippen LogP contribution in [0.25, 0.3) is 0 Å². The number of aliphatic hydroxyl groups excluding tert-OH is 5. The van der Waals surface area contributed by atoms with Crippen LogP contribution in [0.1, 0.15) is 0 Å². The van der Waals surface area contributed by atoms with E-state index in [2.05, 4.69) is 4.65 Å². The topological polar surface area (TPSA) is 151 Å². The van der Waals surface area contributed by atoms with Crippen molar-refractivity contribution >= 4 is 7.32 Å². The Kier molecular flexibility index (Phi) is 6.97. The molecule has 15 heavy (non-hydrogen) atoms. The molecule has 8 nitrogen and oxygen atoms in total. The highest BCUT2D eigenvalue weighted by Crippen LogP contribution is 2.05. The van der Waals surface area contributed by atoms with Crippen molar-refractivity contribution in [3.05, 3.63) is 0 Å². The van der Waals surface area contributed by atoms with E-state index in [0.29, 0.717) is 0 Å². The lowest BCUT2D eigenvalue weighted by Gasteiger charge is -2.25. The van der Waals surface area contributed by atoms with Crippen molar-refractivity contribution in [3.63, 3.8) is 0 Å². The number of hydrogen-bond acceptors (Lipinski definition) is 8. The number of hydrogen-bond donors (Lipinski definition) is 7. The SMILES string of the molecule is OCC(O)C(O)C(O)C(O)COB(O)O. The molecule has 0 fully saturated rings. The van der Waals surface area contributed by atoms with E-state index in [1.807, 2.05) is 0 Å². The Morgan fingerprint density at radius 3 is 1.80 bits per heavy atom. The van der Waals surface area contributed by atoms with Crippen LogP contribution in [0, 0.1) is 0 Å². The third-order valence-electron chi connectivity index (χ3n) is 1.74. The summed E-state index contributed by atoms with van der Waals surface area (Å²) in [6, 6.07) is 0. The molecule has 0 aromatic heterocycles. The zero-order valence-electron chi connectivity index (χ0n) is 7.84. The quantitative estimate of drug-likeness (QED) is 0.214. The first kappa shape index (κ1) is 14.7. The van der Waals surface area contributed by atoms with Gasteiger partial charge in [-0.1, -0.05) is 0 Å². The van der Waals surface area contributed by atoms with E-state index in [0.717, 1.165) is 0 Å². The summed E-state index contributed by atoms with van der Waals surface area (Å²) in [6.07, 6.45) is -6.76. The zero-order chi connectivity index (χ0) is 12.0. The van der Waals surface area contributed by atoms with Gasteiger partial charge in [0.1, 0.15) is 24.4 Å². The van der Waals surface area contributed by atoms with Crippen LogP contribution in [-0.2, 0) is 4.65 Å². The Labute approximate surface area is 86.2 Å². The molecule has 0 aliphatic rings. The van der Waals surface area contributed by atoms with E-state index in [9.17, 15) is 5.11 Å². The summed E-state index contributed by atoms with van der Waals surface area (Å²) in [4.78, 5) is 0. The normalized spacial score (nSPS) is 19.4. The molecule has 0 aromatic rings. The molecule has 9 heteroatoms. The summed E-state index contributed by atoms with van der Waals surface area (Å²) in [5.74, 6) is 0. The molecule has 4 unspecified atom stereocenters. The average Bonchev–Trinajstić information content (AvgIpc) is 2.22. The van der Waals surface area contributed by atoms with Crippen LogP contribution < -0.4 is 0 Å². The van der Waals surface area contributed by atoms with E-state index < -0.39 is 45.0 Å². The lowest BCUT2D eigenvalue weighted by Crippen LogP contribution is -2.47. The highest BCUT2D eigenvalue weighted by Gasteiger charge is 2.30. The zero-order valence-corrected chi connectivity index (χ0v) is 7.84. The van der Waals surface area contributed by atoms with E-state index in [1.54, 1.807) is 0 Å². The van der Waals surface area contributed by atoms with Gasteiger partial charge < -0.3 is 40.2 Å². The Bertz CT molecular complexity index is 167. The third-order valence-corrected chi connectivity index (χ3v) is 1.74. The minimum absolute atomic E-state index is 0.645. The summed E-state index contributed by atoms with van der Waals surface area (Å²) in [6.45, 7) is -1.43. The van der Waals surface area contributed by atoms with Gasteiger partial charge in [-0.05, 0) is 0 Å². The van der Waals surface area contributed by atoms with Gasteiger partial charge >= 0.3 is 7.32 Å². The summed E-state index contributed by atoms with van der Waals surface area (Å²) in [7, 11) is -2.10. The molecule has 0 aliphatic heterocycles. The molecule has 4 atom stereocenters. The van der Waals surface area contributed by atoms with Crippen LogP contribution in [0.3, 0.4) is 0 Å². The van der Waals surface area contributed by atoms with Crippen molar-refractivity contribution < 1.29 is 40.2 Å². The second kappa shape index (κ2) is 7.09. The number of aliphatic hydroxyl groups is 5. The molecule has 0 bridgehead atoms. The minimum Gasteiger partial charge on any atom is -0.402 e. The molecular weight excluding hydrogens is 211 g/mol. The molecule has 0 saturated carbocycles. The molecular formula is C6H15BO8. The fourth-order valence-corrected chi connectivity index (χ4v) is 0.846. The third kappa shape index (κ3) is 5.40. The lowest BCUT2D eigenvalue weighted by atomic mass is 10.0. The van der Waals surface area contributed by atoms with Crippen molar-refractivity contribution in [1.29, 1.82) is 0 Å². The molecule has 0 aliphatic carbocycles. The van der Waals surface area contributed by atoms with Crippen molar-refractivity contribution in [2.24, 2.45) is 0 Å². The maximum Gasteiger partial charge on any atom is 0.633 e. The predicted molar refractivity (Wildman–Crippen MR) is 47.3 cm³/mol. The van der Waals surface area contributed by atoms with Crippen molar-refractivity contribution in [1.82, 2.24) is 0 Å². The first-order chi connectivity index (χ1) is 6.90. The van der Waals surface area contributed by atoms with Crippen LogP contribution in [0.2, 0.25) is 0 Å². The standard InChI is InChI=1S/C6H15BO8/c8-1-3(9)5(11)6(12)4(10)2-15-7(13)14/h3-6,8-14H,1-2H2. The van der Waals surface area contributed by atoms with Crippen molar-refractivity contribution in [3.8, 4) is 0 Å². The second-order valence-electron chi connectivity index (χ2n) is 2.96. The largest absolute Gasteiger partial charge is 0.633 e. The molecule has 0 spiro atoms. The Morgan fingerprint density at radius 1 is 0.933 bits per heavy atom. The minimum atomic E-state index is -2.10. The van der Waals surface area contributed by atoms with E-state index in [-0.39, 0.29) is 0 Å². The van der Waals surface area contributed by atoms with E-state index in [4.69, 9.17) is 30.5 Å². The van der Waals surface area contributed by atoms with Crippen LogP contribution in [0.4, 0.5) is 0 Å². The van der Waals surface area contributed by atoms with Gasteiger partial charge in [-0.3, -0.25) is 0 Å². The van der Waals surface area contributed by atoms with Crippen LogP contribution in [-0.4, -0.2) is 80.5 Å². The molecule has 0 saturated heterocycles. The summed E-state index contributed by atoms with van der Waals surface area (Å²) in [5, 5.41) is 61.3. The van der Waals surface area contributed by atoms with Gasteiger partial charge in [0.15, 0.2) is 0 Å². The Balaban J connectivity index is 4.01. The monoisotopic (exact) mass is 226 g/mol. The van der Waals surface area contributed by atoms with Crippen molar-refractivity contribution in [2.45, 2.75) is 24.4 Å². The van der Waals surface area contributed by atoms with Crippen LogP contribution in [0.15, 0.2) is 0 Å². The molecule has 0 amide bonds. The molecule has 0 radical (unpaired) electrons. The van der Waals surface area contributed by atoms with Gasteiger partial charge in [0.25, 0.3) is 0 Å². The fraction of sp³-hybridized carbons (Fsp3) is 1.00. The lowest BCUT2D eigenvalue weighted by molar-refractivity contribution is -0.123. The maximum absolute atomic E-state index is 9.19. The summed E-state index contributed by atoms with van der Waals surface area (Å²) in [5.41, 5.74) is 0. The van der Waals surface area contributed by atoms with Gasteiger partial charge in [0.05, 0.1) is 13.2 Å². The van der Waals surface area contributed by atoms with Crippen LogP contribution >= 0.6 is 0 Å². The summed E-state index contributed by atoms with van der Waals surface area (Å²) < 4.78 is 4.13. The van der Waals surface area contributed by atoms with Crippen molar-refractivity contribution in [2.75, 3.05) is 13.2 Å². The summed E-state index contributed by atoms with van der Waals surface area (Å²) >= 11 is 0. The molecule has 0 heterocycles. The highest BCUT2D eigenvalue weighted by atomic mass is 16.6. The smallest absolute Gasteiger partial charge is 0.402 e. The van der Waals surface area contributed by atoms with Gasteiger partial charge in [-0.15, -0.1) is 0 Å². The number of rotatable bonds is 7. The Hall–Kier alpha value is -0.255. The first-order valence-electron chi connectivity index (χ1n) is 4.21. The van der Waals surface area contributed by atoms with Gasteiger partial charge in [-0.25, -0.2) is 0 Å². The van der Waals surface area contributed by atoms with Gasteiger partial charge in [-0.2, -0.15) is 0 Å². The van der Waals surface area contributed by atoms with E-state index >= 15 is 0 Å². The molecule has 0 aromatic carbocycles.